The predicted molar refractivity (Wildman–Crippen MR) is 129 cm³/mol. The van der Waals surface area contributed by atoms with E-state index in [4.69, 9.17) is 16.3 Å². The molecular formula is C24H34ClF3N4O4. The lowest BCUT2D eigenvalue weighted by Gasteiger charge is -2.47. The van der Waals surface area contributed by atoms with Crippen LogP contribution in [0.5, 0.6) is 0 Å². The van der Waals surface area contributed by atoms with E-state index in [1.807, 2.05) is 20.8 Å². The molecule has 8 nitrogen and oxygen atoms in total. The fraction of sp³-hybridized carbons (Fsp3) is 0.667. The van der Waals surface area contributed by atoms with Crippen molar-refractivity contribution >= 4 is 29.1 Å². The Morgan fingerprint density at radius 2 is 1.89 bits per heavy atom. The molecule has 1 aromatic carbocycles. The van der Waals surface area contributed by atoms with E-state index in [0.29, 0.717) is 32.4 Å². The molecule has 12 heteroatoms. The lowest BCUT2D eigenvalue weighted by atomic mass is 9.87. The van der Waals surface area contributed by atoms with Gasteiger partial charge >= 0.3 is 6.18 Å². The summed E-state index contributed by atoms with van der Waals surface area (Å²) in [6.07, 6.45) is -4.38. The van der Waals surface area contributed by atoms with Crippen molar-refractivity contribution in [2.24, 2.45) is 5.92 Å². The molecule has 4 atom stereocenters. The zero-order valence-corrected chi connectivity index (χ0v) is 21.6. The van der Waals surface area contributed by atoms with Crippen molar-refractivity contribution in [3.63, 3.8) is 0 Å². The van der Waals surface area contributed by atoms with Crippen LogP contribution < -0.4 is 10.6 Å². The van der Waals surface area contributed by atoms with Gasteiger partial charge in [0.2, 0.25) is 18.2 Å². The van der Waals surface area contributed by atoms with Gasteiger partial charge < -0.3 is 25.4 Å². The number of rotatable bonds is 6. The van der Waals surface area contributed by atoms with Gasteiger partial charge in [0.25, 0.3) is 0 Å². The number of ether oxygens (including phenoxy) is 1. The second-order valence-corrected chi connectivity index (χ2v) is 10.7. The molecule has 2 unspecified atom stereocenters. The predicted octanol–water partition coefficient (Wildman–Crippen LogP) is 3.29. The number of anilines is 1. The van der Waals surface area contributed by atoms with Gasteiger partial charge in [0.05, 0.1) is 23.1 Å². The minimum atomic E-state index is -4.58. The molecule has 0 aromatic heterocycles. The van der Waals surface area contributed by atoms with E-state index in [9.17, 15) is 27.9 Å². The Labute approximate surface area is 214 Å². The molecule has 2 amide bonds. The van der Waals surface area contributed by atoms with Crippen molar-refractivity contribution in [1.29, 1.82) is 0 Å². The average molecular weight is 535 g/mol. The number of aliphatic hydroxyl groups is 1. The molecule has 2 heterocycles. The van der Waals surface area contributed by atoms with E-state index in [0.717, 1.165) is 12.1 Å². The molecule has 36 heavy (non-hydrogen) atoms. The molecule has 3 N–H and O–H groups in total. The zero-order valence-electron chi connectivity index (χ0n) is 20.9. The third kappa shape index (κ3) is 7.02. The Morgan fingerprint density at radius 1 is 1.19 bits per heavy atom. The number of benzene rings is 1. The normalized spacial score (nSPS) is 25.0. The van der Waals surface area contributed by atoms with Crippen molar-refractivity contribution in [3.8, 4) is 0 Å². The maximum atomic E-state index is 13.5. The van der Waals surface area contributed by atoms with E-state index in [1.165, 1.54) is 13.1 Å². The highest BCUT2D eigenvalue weighted by Gasteiger charge is 2.44. The van der Waals surface area contributed by atoms with Crippen molar-refractivity contribution in [3.05, 3.63) is 28.8 Å². The number of carbonyl (C=O) groups is 2. The molecule has 2 aliphatic rings. The summed E-state index contributed by atoms with van der Waals surface area (Å²) in [5, 5.41) is 16.1. The lowest BCUT2D eigenvalue weighted by Crippen LogP contribution is -2.63. The third-order valence-corrected chi connectivity index (χ3v) is 6.63. The molecule has 0 saturated carbocycles. The van der Waals surface area contributed by atoms with Crippen LogP contribution in [0.1, 0.15) is 45.6 Å². The highest BCUT2D eigenvalue weighted by Crippen LogP contribution is 2.34. The Kier molecular flexibility index (Phi) is 8.80. The highest BCUT2D eigenvalue weighted by molar-refractivity contribution is 6.31. The highest BCUT2D eigenvalue weighted by atomic mass is 35.5. The largest absolute Gasteiger partial charge is 0.416 e. The van der Waals surface area contributed by atoms with E-state index in [2.05, 4.69) is 10.6 Å². The fourth-order valence-electron chi connectivity index (χ4n) is 4.76. The van der Waals surface area contributed by atoms with Crippen LogP contribution in [0, 0.1) is 5.92 Å². The van der Waals surface area contributed by atoms with Crippen molar-refractivity contribution in [1.82, 2.24) is 15.1 Å². The van der Waals surface area contributed by atoms with Crippen LogP contribution in [0.3, 0.4) is 0 Å². The summed E-state index contributed by atoms with van der Waals surface area (Å²) in [7, 11) is 1.53. The van der Waals surface area contributed by atoms with Gasteiger partial charge in [-0.15, -0.1) is 0 Å². The third-order valence-electron chi connectivity index (χ3n) is 6.41. The summed E-state index contributed by atoms with van der Waals surface area (Å²) in [4.78, 5) is 29.5. The van der Waals surface area contributed by atoms with Crippen LogP contribution in [0.25, 0.3) is 0 Å². The van der Waals surface area contributed by atoms with Gasteiger partial charge in [-0.1, -0.05) is 11.6 Å². The topological polar surface area (TPSA) is 94.1 Å². The van der Waals surface area contributed by atoms with Gasteiger partial charge in [0.15, 0.2) is 0 Å². The van der Waals surface area contributed by atoms with Crippen molar-refractivity contribution < 1.29 is 32.6 Å². The van der Waals surface area contributed by atoms with Crippen LogP contribution in [-0.4, -0.2) is 77.5 Å². The van der Waals surface area contributed by atoms with Crippen LogP contribution in [-0.2, 0) is 20.5 Å². The van der Waals surface area contributed by atoms with Crippen LogP contribution in [0.4, 0.5) is 18.9 Å². The number of nitrogens with zero attached hydrogens (tertiary/aromatic N) is 2. The second kappa shape index (κ2) is 11.1. The minimum Gasteiger partial charge on any atom is -0.374 e. The molecule has 1 aromatic rings. The lowest BCUT2D eigenvalue weighted by molar-refractivity contribution is -0.247. The van der Waals surface area contributed by atoms with Crippen LogP contribution in [0.2, 0.25) is 5.02 Å². The molecule has 0 radical (unpaired) electrons. The number of likely N-dealkylation sites (tertiary alicyclic amines) is 2. The second-order valence-electron chi connectivity index (χ2n) is 10.2. The van der Waals surface area contributed by atoms with E-state index in [-0.39, 0.29) is 29.1 Å². The number of amides is 2. The summed E-state index contributed by atoms with van der Waals surface area (Å²) in [6.45, 7) is 6.45. The van der Waals surface area contributed by atoms with Crippen molar-refractivity contribution in [2.75, 3.05) is 32.0 Å². The van der Waals surface area contributed by atoms with Crippen LogP contribution >= 0.6 is 11.6 Å². The van der Waals surface area contributed by atoms with Gasteiger partial charge in [-0.3, -0.25) is 14.5 Å². The first-order valence-electron chi connectivity index (χ1n) is 12.0. The smallest absolute Gasteiger partial charge is 0.374 e. The number of aliphatic hydroxyl groups excluding tert-OH is 1. The summed E-state index contributed by atoms with van der Waals surface area (Å²) in [5.74, 6) is -1.03. The number of hydrogen-bond acceptors (Lipinski definition) is 6. The molecular weight excluding hydrogens is 501 g/mol. The number of piperidine rings is 2. The molecule has 0 aliphatic carbocycles. The molecule has 0 spiro atoms. The number of halogens is 4. The average Bonchev–Trinajstić information content (AvgIpc) is 2.77. The standard InChI is InChI=1S/C24H34ClF3N4O4/c1-23(2,3)36-22(35)31-9-7-17(20(33)29-4)19(13-31)32-8-5-6-18(21(32)34)30-16-11-14(24(26,27)28)10-15(25)12-16/h10-12,17-19,22,30,35H,5-9,13H2,1-4H3,(H,29,33)/t17-,18?,19-,22?/m0/s1. The maximum Gasteiger partial charge on any atom is 0.416 e. The summed E-state index contributed by atoms with van der Waals surface area (Å²) >= 11 is 5.90. The maximum absolute atomic E-state index is 13.5. The van der Waals surface area contributed by atoms with E-state index < -0.39 is 41.8 Å². The number of nitrogens with one attached hydrogen (secondary N) is 2. The number of hydrogen-bond donors (Lipinski definition) is 3. The number of carbonyl (C=O) groups excluding carboxylic acids is 2. The molecule has 2 saturated heterocycles. The molecule has 3 rings (SSSR count). The molecule has 202 valence electrons. The Bertz CT molecular complexity index is 956. The van der Waals surface area contributed by atoms with Gasteiger partial charge in [-0.05, 0) is 58.2 Å². The molecule has 2 fully saturated rings. The Balaban J connectivity index is 1.81. The van der Waals surface area contributed by atoms with Gasteiger partial charge in [-0.25, -0.2) is 0 Å². The first-order chi connectivity index (χ1) is 16.7. The zero-order chi connectivity index (χ0) is 26.8. The summed E-state index contributed by atoms with van der Waals surface area (Å²) in [6, 6.07) is 1.78. The molecule has 0 bridgehead atoms. The monoisotopic (exact) mass is 534 g/mol. The number of alkyl halides is 3. The Hall–Kier alpha value is -2.08. The quantitative estimate of drug-likeness (QED) is 0.485. The SMILES string of the molecule is CNC(=O)[C@H]1CCN(C(O)OC(C)(C)C)C[C@@H]1N1CCCC(Nc2cc(Cl)cc(C(F)(F)F)c2)C1=O. The van der Waals surface area contributed by atoms with E-state index >= 15 is 0 Å². The summed E-state index contributed by atoms with van der Waals surface area (Å²) in [5.41, 5.74) is -1.42. The first kappa shape index (κ1) is 28.5. The van der Waals surface area contributed by atoms with E-state index in [1.54, 1.807) is 9.80 Å². The summed E-state index contributed by atoms with van der Waals surface area (Å²) < 4.78 is 45.4. The van der Waals surface area contributed by atoms with Gasteiger partial charge in [0.1, 0.15) is 6.04 Å². The minimum absolute atomic E-state index is 0.0946. The van der Waals surface area contributed by atoms with Gasteiger partial charge in [-0.2, -0.15) is 13.2 Å². The fourth-order valence-corrected chi connectivity index (χ4v) is 4.99. The molecule has 2 aliphatic heterocycles. The van der Waals surface area contributed by atoms with Gasteiger partial charge in [0, 0.05) is 37.4 Å². The van der Waals surface area contributed by atoms with Crippen molar-refractivity contribution in [2.45, 2.75) is 70.3 Å². The first-order valence-corrected chi connectivity index (χ1v) is 12.3. The Morgan fingerprint density at radius 3 is 2.50 bits per heavy atom. The van der Waals surface area contributed by atoms with Crippen LogP contribution in [0.15, 0.2) is 18.2 Å².